The maximum Gasteiger partial charge on any atom is 0.338 e. The molecule has 1 atom stereocenters. The van der Waals surface area contributed by atoms with E-state index < -0.39 is 17.1 Å². The molecule has 0 aliphatic heterocycles. The molecule has 0 amide bonds. The third-order valence-corrected chi connectivity index (χ3v) is 7.31. The summed E-state index contributed by atoms with van der Waals surface area (Å²) >= 11 is 0. The van der Waals surface area contributed by atoms with E-state index in [9.17, 15) is 9.59 Å². The van der Waals surface area contributed by atoms with Gasteiger partial charge in [0.05, 0.1) is 12.2 Å². The number of pyridine rings is 1. The number of aromatic amines is 1. The molecule has 2 aromatic carbocycles. The quantitative estimate of drug-likeness (QED) is 0.148. The number of hydrogen-bond donors (Lipinski definition) is 2. The maximum absolute atomic E-state index is 13.8. The van der Waals surface area contributed by atoms with Gasteiger partial charge >= 0.3 is 11.9 Å². The lowest BCUT2D eigenvalue weighted by atomic mass is 9.84. The van der Waals surface area contributed by atoms with Crippen molar-refractivity contribution in [3.8, 4) is 11.3 Å². The van der Waals surface area contributed by atoms with Crippen LogP contribution in [0.4, 0.5) is 0 Å². The predicted octanol–water partition coefficient (Wildman–Crippen LogP) is 7.02. The van der Waals surface area contributed by atoms with Crippen molar-refractivity contribution in [3.05, 3.63) is 88.7 Å². The van der Waals surface area contributed by atoms with Crippen molar-refractivity contribution in [3.63, 3.8) is 0 Å². The summed E-state index contributed by atoms with van der Waals surface area (Å²) in [5.41, 5.74) is 12.6. The molecule has 222 valence electrons. The number of hydrogen-bond acceptors (Lipinski definition) is 6. The number of nitrogens with zero attached hydrogens (tertiary/aromatic N) is 1. The average Bonchev–Trinajstić information content (AvgIpc) is 3.27. The molecule has 1 unspecified atom stereocenters. The molecule has 0 saturated carbocycles. The smallest absolute Gasteiger partial charge is 0.338 e. The summed E-state index contributed by atoms with van der Waals surface area (Å²) in [4.78, 5) is 34.1. The van der Waals surface area contributed by atoms with Gasteiger partial charge in [-0.15, -0.1) is 0 Å². The third kappa shape index (κ3) is 7.65. The van der Waals surface area contributed by atoms with Crippen molar-refractivity contribution in [1.82, 2.24) is 9.97 Å². The van der Waals surface area contributed by atoms with Crippen LogP contribution in [0, 0.1) is 13.8 Å². The largest absolute Gasteiger partial charge is 0.462 e. The normalized spacial score (nSPS) is 13.1. The number of carbonyl (C=O) groups excluding carboxylic acids is 2. The van der Waals surface area contributed by atoms with Crippen molar-refractivity contribution >= 4 is 22.8 Å². The number of fused-ring (bicyclic) bond motifs is 1. The molecule has 42 heavy (non-hydrogen) atoms. The standard InChI is InChI=1S/C35H43N3O4/c1-7-41-32(39)26-11-12-30-28(21-26)29(31(38-30)27-19-23(2)18-24(3)20-27)22-35(36,33(40)42-34(4,5)6)15-9-8-10-25-13-16-37-17-14-25/h11-14,16-21,38H,7-10,15,22,36H2,1-6H3. The number of carbonyl (C=O) groups is 2. The first-order valence-corrected chi connectivity index (χ1v) is 14.7. The number of ether oxygens (including phenoxy) is 2. The zero-order valence-electron chi connectivity index (χ0n) is 25.7. The topological polar surface area (TPSA) is 107 Å². The Bertz CT molecular complexity index is 1530. The van der Waals surface area contributed by atoms with E-state index in [1.54, 1.807) is 25.4 Å². The highest BCUT2D eigenvalue weighted by molar-refractivity contribution is 5.99. The van der Waals surface area contributed by atoms with Crippen LogP contribution in [-0.4, -0.2) is 39.7 Å². The van der Waals surface area contributed by atoms with Gasteiger partial charge in [0.15, 0.2) is 0 Å². The van der Waals surface area contributed by atoms with Crippen LogP contribution in [0.3, 0.4) is 0 Å². The van der Waals surface area contributed by atoms with Crippen molar-refractivity contribution in [2.75, 3.05) is 6.61 Å². The Morgan fingerprint density at radius 2 is 1.64 bits per heavy atom. The van der Waals surface area contributed by atoms with Gasteiger partial charge in [-0.25, -0.2) is 4.79 Å². The van der Waals surface area contributed by atoms with Gasteiger partial charge in [0.2, 0.25) is 0 Å². The summed E-state index contributed by atoms with van der Waals surface area (Å²) in [6.45, 7) is 11.8. The molecule has 0 saturated heterocycles. The minimum Gasteiger partial charge on any atom is -0.462 e. The number of H-pyrrole nitrogens is 1. The van der Waals surface area contributed by atoms with Crippen LogP contribution >= 0.6 is 0 Å². The molecule has 2 heterocycles. The molecule has 0 fully saturated rings. The van der Waals surface area contributed by atoms with E-state index >= 15 is 0 Å². The first-order valence-electron chi connectivity index (χ1n) is 14.7. The summed E-state index contributed by atoms with van der Waals surface area (Å²) in [6, 6.07) is 15.9. The van der Waals surface area contributed by atoms with E-state index in [4.69, 9.17) is 15.2 Å². The molecule has 4 aromatic rings. The van der Waals surface area contributed by atoms with Crippen molar-refractivity contribution in [1.29, 1.82) is 0 Å². The van der Waals surface area contributed by atoms with E-state index in [1.807, 2.05) is 45.0 Å². The first kappa shape index (κ1) is 31.0. The molecule has 0 aliphatic rings. The zero-order chi connectivity index (χ0) is 30.5. The lowest BCUT2D eigenvalue weighted by Crippen LogP contribution is -2.52. The Morgan fingerprint density at radius 1 is 0.952 bits per heavy atom. The molecule has 0 aliphatic carbocycles. The molecule has 0 bridgehead atoms. The number of esters is 2. The van der Waals surface area contributed by atoms with Gasteiger partial charge in [0.25, 0.3) is 0 Å². The minimum atomic E-state index is -1.28. The monoisotopic (exact) mass is 569 g/mol. The molecule has 4 rings (SSSR count). The number of aromatic nitrogens is 2. The molecule has 0 radical (unpaired) electrons. The van der Waals surface area contributed by atoms with E-state index in [-0.39, 0.29) is 19.0 Å². The van der Waals surface area contributed by atoms with Crippen LogP contribution in [0.25, 0.3) is 22.2 Å². The second kappa shape index (κ2) is 12.9. The fourth-order valence-corrected chi connectivity index (χ4v) is 5.41. The minimum absolute atomic E-state index is 0.242. The highest BCUT2D eigenvalue weighted by atomic mass is 16.6. The summed E-state index contributed by atoms with van der Waals surface area (Å²) in [6.07, 6.45) is 6.76. The molecule has 0 spiro atoms. The van der Waals surface area contributed by atoms with Crippen molar-refractivity contribution in [2.24, 2.45) is 5.73 Å². The fourth-order valence-electron chi connectivity index (χ4n) is 5.41. The second-order valence-electron chi connectivity index (χ2n) is 12.2. The highest BCUT2D eigenvalue weighted by Crippen LogP contribution is 2.36. The molecule has 3 N–H and O–H groups in total. The Morgan fingerprint density at radius 3 is 2.29 bits per heavy atom. The van der Waals surface area contributed by atoms with Gasteiger partial charge < -0.3 is 20.2 Å². The van der Waals surface area contributed by atoms with Crippen LogP contribution in [0.1, 0.15) is 79.6 Å². The van der Waals surface area contributed by atoms with Crippen LogP contribution < -0.4 is 5.73 Å². The van der Waals surface area contributed by atoms with Gasteiger partial charge in [0, 0.05) is 35.4 Å². The van der Waals surface area contributed by atoms with Gasteiger partial charge in [0.1, 0.15) is 11.1 Å². The number of rotatable bonds is 11. The molecule has 2 aromatic heterocycles. The summed E-state index contributed by atoms with van der Waals surface area (Å²) < 4.78 is 11.2. The van der Waals surface area contributed by atoms with Crippen LogP contribution in [0.15, 0.2) is 60.9 Å². The van der Waals surface area contributed by atoms with Crippen molar-refractivity contribution in [2.45, 2.75) is 84.8 Å². The van der Waals surface area contributed by atoms with E-state index in [0.717, 1.165) is 58.1 Å². The maximum atomic E-state index is 13.8. The van der Waals surface area contributed by atoms with Crippen LogP contribution in [-0.2, 0) is 27.1 Å². The van der Waals surface area contributed by atoms with Crippen LogP contribution in [0.2, 0.25) is 0 Å². The highest BCUT2D eigenvalue weighted by Gasteiger charge is 2.39. The first-order chi connectivity index (χ1) is 19.9. The van der Waals surface area contributed by atoms with E-state index in [0.29, 0.717) is 12.0 Å². The molecule has 7 nitrogen and oxygen atoms in total. The number of unbranched alkanes of at least 4 members (excludes halogenated alkanes) is 1. The zero-order valence-corrected chi connectivity index (χ0v) is 25.7. The SMILES string of the molecule is CCOC(=O)c1ccc2[nH]c(-c3cc(C)cc(C)c3)c(CC(N)(CCCCc3ccncc3)C(=O)OC(C)(C)C)c2c1. The average molecular weight is 570 g/mol. The van der Waals surface area contributed by atoms with E-state index in [1.165, 1.54) is 5.56 Å². The fraction of sp³-hybridized carbons (Fsp3) is 0.400. The van der Waals surface area contributed by atoms with Gasteiger partial charge in [-0.2, -0.15) is 0 Å². The number of aryl methyl sites for hydroxylation is 3. The Balaban J connectivity index is 1.77. The Hall–Kier alpha value is -3.97. The summed E-state index contributed by atoms with van der Waals surface area (Å²) in [5, 5.41) is 0.838. The number of benzene rings is 2. The van der Waals surface area contributed by atoms with Crippen molar-refractivity contribution < 1.29 is 19.1 Å². The second-order valence-corrected chi connectivity index (χ2v) is 12.2. The molecule has 7 heteroatoms. The van der Waals surface area contributed by atoms with E-state index in [2.05, 4.69) is 42.0 Å². The number of nitrogens with two attached hydrogens (primary N) is 1. The van der Waals surface area contributed by atoms with Gasteiger partial charge in [-0.05, 0) is 120 Å². The summed E-state index contributed by atoms with van der Waals surface area (Å²) in [7, 11) is 0. The van der Waals surface area contributed by atoms with Crippen LogP contribution in [0.5, 0.6) is 0 Å². The number of nitrogens with one attached hydrogen (secondary N) is 1. The Labute approximate surface area is 248 Å². The molecular formula is C35H43N3O4. The molecular weight excluding hydrogens is 526 g/mol. The van der Waals surface area contributed by atoms with Gasteiger partial charge in [-0.1, -0.05) is 23.6 Å². The van der Waals surface area contributed by atoms with Gasteiger partial charge in [-0.3, -0.25) is 9.78 Å². The third-order valence-electron chi connectivity index (χ3n) is 7.31. The Kier molecular flexibility index (Phi) is 9.52. The summed E-state index contributed by atoms with van der Waals surface area (Å²) in [5.74, 6) is -0.817. The lowest BCUT2D eigenvalue weighted by molar-refractivity contribution is -0.162. The predicted molar refractivity (Wildman–Crippen MR) is 167 cm³/mol. The lowest BCUT2D eigenvalue weighted by Gasteiger charge is -2.32.